The second-order valence-corrected chi connectivity index (χ2v) is 8.59. The molecule has 1 aliphatic heterocycles. The first kappa shape index (κ1) is 17.0. The van der Waals surface area contributed by atoms with Crippen molar-refractivity contribution in [3.8, 4) is 11.3 Å². The van der Waals surface area contributed by atoms with Crippen molar-refractivity contribution in [3.05, 3.63) is 58.0 Å². The van der Waals surface area contributed by atoms with Crippen LogP contribution in [0.25, 0.3) is 16.9 Å². The predicted molar refractivity (Wildman–Crippen MR) is 98.0 cm³/mol. The van der Waals surface area contributed by atoms with Crippen LogP contribution in [0.3, 0.4) is 0 Å². The standard InChI is InChI=1S/C17H19N5O3S/c1-20(2)26(24,25)21-9-8-14-13(11-21)17(23)22-16(18-14)10-15(19-22)12-6-4-3-5-7-12/h3-7,10,19H,8-9,11H2,1-2H3. The van der Waals surface area contributed by atoms with Crippen LogP contribution in [0.1, 0.15) is 11.3 Å². The van der Waals surface area contributed by atoms with Crippen molar-refractivity contribution in [2.45, 2.75) is 13.0 Å². The van der Waals surface area contributed by atoms with Crippen LogP contribution in [0.4, 0.5) is 0 Å². The summed E-state index contributed by atoms with van der Waals surface area (Å²) in [5, 5.41) is 3.07. The van der Waals surface area contributed by atoms with Gasteiger partial charge < -0.3 is 0 Å². The average molecular weight is 373 g/mol. The summed E-state index contributed by atoms with van der Waals surface area (Å²) in [5.41, 5.74) is 3.10. The van der Waals surface area contributed by atoms with Gasteiger partial charge in [-0.1, -0.05) is 30.3 Å². The molecule has 0 spiro atoms. The summed E-state index contributed by atoms with van der Waals surface area (Å²) < 4.78 is 28.6. The van der Waals surface area contributed by atoms with Crippen LogP contribution in [-0.2, 0) is 23.2 Å². The second-order valence-electron chi connectivity index (χ2n) is 6.45. The number of aromatic nitrogens is 3. The number of nitrogens with one attached hydrogen (secondary N) is 1. The first-order valence-corrected chi connectivity index (χ1v) is 9.64. The van der Waals surface area contributed by atoms with Gasteiger partial charge in [0.25, 0.3) is 15.8 Å². The smallest absolute Gasteiger partial charge is 0.281 e. The number of nitrogens with zero attached hydrogens (tertiary/aromatic N) is 4. The lowest BCUT2D eigenvalue weighted by Crippen LogP contribution is -2.45. The molecular formula is C17H19N5O3S. The van der Waals surface area contributed by atoms with Gasteiger partial charge in [0.2, 0.25) is 0 Å². The Morgan fingerprint density at radius 2 is 1.92 bits per heavy atom. The SMILES string of the molecule is CN(C)S(=O)(=O)N1CCc2nc3cc(-c4ccccc4)[nH]n3c(=O)c2C1. The van der Waals surface area contributed by atoms with Crippen LogP contribution < -0.4 is 5.56 Å². The summed E-state index contributed by atoms with van der Waals surface area (Å²) in [4.78, 5) is 17.5. The number of aromatic amines is 1. The van der Waals surface area contributed by atoms with E-state index < -0.39 is 10.2 Å². The molecule has 0 aliphatic carbocycles. The number of hydrogen-bond donors (Lipinski definition) is 1. The number of hydrogen-bond acceptors (Lipinski definition) is 4. The molecule has 0 saturated carbocycles. The fraction of sp³-hybridized carbons (Fsp3) is 0.294. The van der Waals surface area contributed by atoms with Gasteiger partial charge >= 0.3 is 0 Å². The molecule has 0 bridgehead atoms. The topological polar surface area (TPSA) is 90.8 Å². The lowest BCUT2D eigenvalue weighted by molar-refractivity contribution is 0.354. The molecule has 0 fully saturated rings. The Hall–Kier alpha value is -2.49. The summed E-state index contributed by atoms with van der Waals surface area (Å²) >= 11 is 0. The highest BCUT2D eigenvalue weighted by Crippen LogP contribution is 2.21. The first-order valence-electron chi connectivity index (χ1n) is 8.24. The molecule has 1 N–H and O–H groups in total. The van der Waals surface area contributed by atoms with Crippen molar-refractivity contribution in [2.24, 2.45) is 0 Å². The van der Waals surface area contributed by atoms with Gasteiger partial charge in [0.1, 0.15) is 0 Å². The van der Waals surface area contributed by atoms with Crippen LogP contribution in [0.15, 0.2) is 41.2 Å². The first-order chi connectivity index (χ1) is 12.4. The summed E-state index contributed by atoms with van der Waals surface area (Å²) in [6.07, 6.45) is 0.417. The van der Waals surface area contributed by atoms with Crippen molar-refractivity contribution < 1.29 is 8.42 Å². The largest absolute Gasteiger partial charge is 0.289 e. The monoisotopic (exact) mass is 373 g/mol. The van der Waals surface area contributed by atoms with Crippen LogP contribution in [0.5, 0.6) is 0 Å². The molecule has 1 aromatic carbocycles. The molecule has 3 aromatic rings. The lowest BCUT2D eigenvalue weighted by atomic mass is 10.1. The number of benzene rings is 1. The Kier molecular flexibility index (Phi) is 3.94. The molecule has 2 aromatic heterocycles. The van der Waals surface area contributed by atoms with Crippen LogP contribution in [0.2, 0.25) is 0 Å². The van der Waals surface area contributed by atoms with Crippen molar-refractivity contribution in [2.75, 3.05) is 20.6 Å². The van der Waals surface area contributed by atoms with E-state index in [4.69, 9.17) is 0 Å². The molecular weight excluding hydrogens is 354 g/mol. The van der Waals surface area contributed by atoms with E-state index in [1.165, 1.54) is 22.9 Å². The molecule has 0 amide bonds. The van der Waals surface area contributed by atoms with Crippen molar-refractivity contribution in [3.63, 3.8) is 0 Å². The molecule has 0 atom stereocenters. The molecule has 136 valence electrons. The van der Waals surface area contributed by atoms with E-state index in [0.717, 1.165) is 15.6 Å². The maximum Gasteiger partial charge on any atom is 0.281 e. The molecule has 0 unspecified atom stereocenters. The van der Waals surface area contributed by atoms with Gasteiger partial charge in [-0.05, 0) is 5.56 Å². The van der Waals surface area contributed by atoms with E-state index in [1.807, 2.05) is 36.4 Å². The third kappa shape index (κ3) is 2.64. The van der Waals surface area contributed by atoms with Gasteiger partial charge in [-0.15, -0.1) is 0 Å². The van der Waals surface area contributed by atoms with Gasteiger partial charge in [0.05, 0.1) is 17.0 Å². The Morgan fingerprint density at radius 1 is 1.19 bits per heavy atom. The number of rotatable bonds is 3. The maximum absolute atomic E-state index is 12.9. The highest BCUT2D eigenvalue weighted by molar-refractivity contribution is 7.86. The van der Waals surface area contributed by atoms with Gasteiger partial charge in [-0.25, -0.2) is 9.50 Å². The molecule has 0 radical (unpaired) electrons. The minimum Gasteiger partial charge on any atom is -0.289 e. The number of fused-ring (bicyclic) bond motifs is 2. The number of H-pyrrole nitrogens is 1. The van der Waals surface area contributed by atoms with Crippen molar-refractivity contribution in [1.29, 1.82) is 0 Å². The zero-order valence-electron chi connectivity index (χ0n) is 14.5. The van der Waals surface area contributed by atoms with Crippen molar-refractivity contribution in [1.82, 2.24) is 23.2 Å². The highest BCUT2D eigenvalue weighted by atomic mass is 32.2. The molecule has 9 heteroatoms. The highest BCUT2D eigenvalue weighted by Gasteiger charge is 2.31. The van der Waals surface area contributed by atoms with Gasteiger partial charge in [0.15, 0.2) is 5.65 Å². The fourth-order valence-corrected chi connectivity index (χ4v) is 4.23. The van der Waals surface area contributed by atoms with Crippen LogP contribution >= 0.6 is 0 Å². The van der Waals surface area contributed by atoms with Crippen LogP contribution in [-0.4, -0.2) is 52.3 Å². The fourth-order valence-electron chi connectivity index (χ4n) is 3.15. The van der Waals surface area contributed by atoms with E-state index in [-0.39, 0.29) is 12.1 Å². The zero-order chi connectivity index (χ0) is 18.5. The van der Waals surface area contributed by atoms with Gasteiger partial charge in [-0.3, -0.25) is 9.89 Å². The molecule has 0 saturated heterocycles. The minimum atomic E-state index is -3.57. The van der Waals surface area contributed by atoms with E-state index in [1.54, 1.807) is 0 Å². The minimum absolute atomic E-state index is 0.0321. The molecule has 26 heavy (non-hydrogen) atoms. The van der Waals surface area contributed by atoms with E-state index in [2.05, 4.69) is 10.1 Å². The Bertz CT molecular complexity index is 1130. The molecule has 4 rings (SSSR count). The Labute approximate surface area is 150 Å². The van der Waals surface area contributed by atoms with Crippen LogP contribution in [0, 0.1) is 0 Å². The predicted octanol–water partition coefficient (Wildman–Crippen LogP) is 0.854. The normalized spacial score (nSPS) is 15.5. The van der Waals surface area contributed by atoms with Gasteiger partial charge in [0, 0.05) is 39.7 Å². The Balaban J connectivity index is 1.81. The molecule has 8 nitrogen and oxygen atoms in total. The third-order valence-corrected chi connectivity index (χ3v) is 6.49. The quantitative estimate of drug-likeness (QED) is 0.737. The summed E-state index contributed by atoms with van der Waals surface area (Å²) in [7, 11) is -0.605. The summed E-state index contributed by atoms with van der Waals surface area (Å²) in [5.74, 6) is 0. The van der Waals surface area contributed by atoms with E-state index in [9.17, 15) is 13.2 Å². The zero-order valence-corrected chi connectivity index (χ0v) is 15.3. The Morgan fingerprint density at radius 3 is 2.62 bits per heavy atom. The lowest BCUT2D eigenvalue weighted by Gasteiger charge is -2.29. The second kappa shape index (κ2) is 6.04. The average Bonchev–Trinajstić information content (AvgIpc) is 3.06. The van der Waals surface area contributed by atoms with Gasteiger partial charge in [-0.2, -0.15) is 17.0 Å². The van der Waals surface area contributed by atoms with E-state index in [0.29, 0.717) is 29.9 Å². The molecule has 3 heterocycles. The third-order valence-electron chi connectivity index (χ3n) is 4.60. The van der Waals surface area contributed by atoms with E-state index >= 15 is 0 Å². The molecule has 1 aliphatic rings. The summed E-state index contributed by atoms with van der Waals surface area (Å²) in [6.45, 7) is 0.344. The van der Waals surface area contributed by atoms with Crippen molar-refractivity contribution >= 4 is 15.9 Å². The summed E-state index contributed by atoms with van der Waals surface area (Å²) in [6, 6.07) is 11.5. The maximum atomic E-state index is 12.9.